The summed E-state index contributed by atoms with van der Waals surface area (Å²) in [6, 6.07) is 0. The van der Waals surface area contributed by atoms with Crippen molar-refractivity contribution >= 4 is 0 Å². The fourth-order valence-corrected chi connectivity index (χ4v) is 3.30. The average Bonchev–Trinajstić information content (AvgIpc) is 2.69. The molecule has 3 N–H and O–H groups in total. The van der Waals surface area contributed by atoms with Crippen molar-refractivity contribution in [1.29, 1.82) is 0 Å². The van der Waals surface area contributed by atoms with E-state index in [0.717, 1.165) is 19.3 Å². The molecule has 0 radical (unpaired) electrons. The van der Waals surface area contributed by atoms with Crippen molar-refractivity contribution in [2.45, 2.75) is 50.5 Å². The van der Waals surface area contributed by atoms with Crippen LogP contribution in [0.2, 0.25) is 0 Å². The van der Waals surface area contributed by atoms with E-state index >= 15 is 0 Å². The second-order valence-corrected chi connectivity index (χ2v) is 6.02. The molecule has 3 atom stereocenters. The Hall–Kier alpha value is -1.44. The van der Waals surface area contributed by atoms with E-state index in [0.29, 0.717) is 5.56 Å². The maximum Gasteiger partial charge on any atom is 0.330 e. The predicted molar refractivity (Wildman–Crippen MR) is 74.0 cm³/mol. The first-order valence-electron chi connectivity index (χ1n) is 7.28. The van der Waals surface area contributed by atoms with Gasteiger partial charge in [0.15, 0.2) is 5.72 Å². The highest BCUT2D eigenvalue weighted by Gasteiger charge is 2.54. The molecule has 0 bridgehead atoms. The molecule has 0 spiro atoms. The molecular weight excluding hydrogens is 276 g/mol. The Morgan fingerprint density at radius 3 is 2.71 bits per heavy atom. The van der Waals surface area contributed by atoms with Gasteiger partial charge in [-0.3, -0.25) is 14.3 Å². The molecule has 2 fully saturated rings. The molecule has 116 valence electrons. The van der Waals surface area contributed by atoms with E-state index in [4.69, 9.17) is 4.74 Å². The topological polar surface area (TPSA) is 105 Å². The van der Waals surface area contributed by atoms with Gasteiger partial charge in [-0.15, -0.1) is 0 Å². The molecule has 21 heavy (non-hydrogen) atoms. The Morgan fingerprint density at radius 2 is 2.19 bits per heavy atom. The molecule has 1 saturated carbocycles. The van der Waals surface area contributed by atoms with Gasteiger partial charge in [0.1, 0.15) is 6.10 Å². The van der Waals surface area contributed by atoms with Crippen LogP contribution in [-0.4, -0.2) is 38.6 Å². The van der Waals surface area contributed by atoms with E-state index < -0.39 is 29.2 Å². The van der Waals surface area contributed by atoms with Gasteiger partial charge in [-0.25, -0.2) is 4.79 Å². The minimum absolute atomic E-state index is 0.103. The zero-order chi connectivity index (χ0) is 15.2. The molecule has 1 aromatic heterocycles. The molecule has 3 rings (SSSR count). The van der Waals surface area contributed by atoms with Crippen LogP contribution in [0.15, 0.2) is 15.8 Å². The lowest BCUT2D eigenvalue weighted by molar-refractivity contribution is -0.169. The number of hydrogen-bond acceptors (Lipinski definition) is 5. The lowest BCUT2D eigenvalue weighted by atomic mass is 9.75. The second kappa shape index (κ2) is 5.08. The van der Waals surface area contributed by atoms with Gasteiger partial charge in [0.25, 0.3) is 5.56 Å². The molecule has 1 aliphatic heterocycles. The van der Waals surface area contributed by atoms with E-state index in [2.05, 4.69) is 4.98 Å². The summed E-state index contributed by atoms with van der Waals surface area (Å²) in [7, 11) is 0. The first-order valence-corrected chi connectivity index (χ1v) is 7.28. The molecule has 0 aromatic carbocycles. The van der Waals surface area contributed by atoms with Crippen molar-refractivity contribution in [2.75, 3.05) is 6.61 Å². The molecule has 0 amide bonds. The molecule has 7 heteroatoms. The second-order valence-electron chi connectivity index (χ2n) is 6.02. The molecule has 2 heterocycles. The molecule has 7 nitrogen and oxygen atoms in total. The average molecular weight is 296 g/mol. The normalized spacial score (nSPS) is 33.1. The summed E-state index contributed by atoms with van der Waals surface area (Å²) in [6.45, 7) is 1.32. The lowest BCUT2D eigenvalue weighted by Gasteiger charge is -2.43. The quantitative estimate of drug-likeness (QED) is 0.693. The van der Waals surface area contributed by atoms with Crippen LogP contribution in [0.1, 0.15) is 31.2 Å². The number of aromatic amines is 1. The number of rotatable bonds is 3. The zero-order valence-electron chi connectivity index (χ0n) is 11.9. The largest absolute Gasteiger partial charge is 0.394 e. The van der Waals surface area contributed by atoms with E-state index in [1.165, 1.54) is 10.8 Å². The summed E-state index contributed by atoms with van der Waals surface area (Å²) < 4.78 is 7.31. The summed E-state index contributed by atoms with van der Waals surface area (Å²) in [6.07, 6.45) is 3.05. The summed E-state index contributed by atoms with van der Waals surface area (Å²) in [5, 5.41) is 19.4. The minimum Gasteiger partial charge on any atom is -0.394 e. The van der Waals surface area contributed by atoms with E-state index in [9.17, 15) is 19.8 Å². The summed E-state index contributed by atoms with van der Waals surface area (Å²) in [5.41, 5.74) is -1.52. The van der Waals surface area contributed by atoms with Crippen LogP contribution in [0, 0.1) is 12.8 Å². The monoisotopic (exact) mass is 296 g/mol. The van der Waals surface area contributed by atoms with Crippen molar-refractivity contribution < 1.29 is 14.9 Å². The highest BCUT2D eigenvalue weighted by molar-refractivity contribution is 5.06. The number of nitrogens with zero attached hydrogens (tertiary/aromatic N) is 1. The zero-order valence-corrected chi connectivity index (χ0v) is 11.9. The Balaban J connectivity index is 2.11. The standard InChI is InChI=1S/C14H20N2O5/c1-8-6-16(13(20)15-12(8)19)14(9-3-2-4-9)5-10(18)11(7-17)21-14/h6,9-11,17-18H,2-5,7H2,1H3,(H,15,19,20)/t10-,11+,14-/m0/s1. The SMILES string of the molecule is Cc1cn([C@@]2(C3CCC3)C[C@H](O)[C@@H](CO)O2)c(=O)[nH]c1=O. The van der Waals surface area contributed by atoms with Gasteiger partial charge < -0.3 is 14.9 Å². The van der Waals surface area contributed by atoms with Crippen molar-refractivity contribution in [3.63, 3.8) is 0 Å². The Kier molecular flexibility index (Phi) is 3.51. The van der Waals surface area contributed by atoms with Gasteiger partial charge in [-0.2, -0.15) is 0 Å². The fourth-order valence-electron chi connectivity index (χ4n) is 3.30. The Morgan fingerprint density at radius 1 is 1.48 bits per heavy atom. The van der Waals surface area contributed by atoms with Crippen LogP contribution < -0.4 is 11.2 Å². The van der Waals surface area contributed by atoms with E-state index in [-0.39, 0.29) is 18.9 Å². The molecule has 1 aliphatic carbocycles. The van der Waals surface area contributed by atoms with Crippen LogP contribution in [0.3, 0.4) is 0 Å². The van der Waals surface area contributed by atoms with Gasteiger partial charge in [-0.1, -0.05) is 6.42 Å². The number of aliphatic hydroxyl groups is 2. The summed E-state index contributed by atoms with van der Waals surface area (Å²) in [5.74, 6) is 0.103. The first-order chi connectivity index (χ1) is 9.98. The fraction of sp³-hybridized carbons (Fsp3) is 0.714. The number of aromatic nitrogens is 2. The van der Waals surface area contributed by atoms with Gasteiger partial charge in [-0.05, 0) is 19.8 Å². The van der Waals surface area contributed by atoms with Crippen molar-refractivity contribution in [1.82, 2.24) is 9.55 Å². The molecule has 2 aliphatic rings. The first kappa shape index (κ1) is 14.5. The summed E-state index contributed by atoms with van der Waals surface area (Å²) in [4.78, 5) is 26.1. The highest BCUT2D eigenvalue weighted by Crippen LogP contribution is 2.48. The van der Waals surface area contributed by atoms with Crippen LogP contribution in [0.4, 0.5) is 0 Å². The molecular formula is C14H20N2O5. The minimum atomic E-state index is -0.975. The maximum absolute atomic E-state index is 12.2. The number of aryl methyl sites for hydroxylation is 1. The molecule has 0 unspecified atom stereocenters. The maximum atomic E-state index is 12.2. The van der Waals surface area contributed by atoms with Crippen molar-refractivity contribution in [2.24, 2.45) is 5.92 Å². The van der Waals surface area contributed by atoms with Crippen LogP contribution in [0.5, 0.6) is 0 Å². The molecule has 1 aromatic rings. The third-order valence-corrected chi connectivity index (χ3v) is 4.74. The van der Waals surface area contributed by atoms with E-state index in [1.54, 1.807) is 6.92 Å². The van der Waals surface area contributed by atoms with Crippen LogP contribution in [0.25, 0.3) is 0 Å². The van der Waals surface area contributed by atoms with Crippen molar-refractivity contribution in [3.05, 3.63) is 32.6 Å². The lowest BCUT2D eigenvalue weighted by Crippen LogP contribution is -2.51. The van der Waals surface area contributed by atoms with Crippen molar-refractivity contribution in [3.8, 4) is 0 Å². The highest BCUT2D eigenvalue weighted by atomic mass is 16.6. The van der Waals surface area contributed by atoms with Gasteiger partial charge in [0, 0.05) is 24.1 Å². The number of H-pyrrole nitrogens is 1. The smallest absolute Gasteiger partial charge is 0.330 e. The predicted octanol–water partition coefficient (Wildman–Crippen LogP) is -0.560. The van der Waals surface area contributed by atoms with Gasteiger partial charge in [0.2, 0.25) is 0 Å². The number of aliphatic hydroxyl groups excluding tert-OH is 2. The van der Waals surface area contributed by atoms with Crippen LogP contribution in [-0.2, 0) is 10.5 Å². The molecule has 1 saturated heterocycles. The van der Waals surface area contributed by atoms with Gasteiger partial charge >= 0.3 is 5.69 Å². The van der Waals surface area contributed by atoms with Gasteiger partial charge in [0.05, 0.1) is 12.7 Å². The van der Waals surface area contributed by atoms with Crippen LogP contribution >= 0.6 is 0 Å². The number of ether oxygens (including phenoxy) is 1. The third kappa shape index (κ3) is 2.16. The Labute approximate surface area is 121 Å². The number of nitrogens with one attached hydrogen (secondary N) is 1. The Bertz CT molecular complexity index is 647. The third-order valence-electron chi connectivity index (χ3n) is 4.74. The van der Waals surface area contributed by atoms with E-state index in [1.807, 2.05) is 0 Å². The summed E-state index contributed by atoms with van der Waals surface area (Å²) >= 11 is 0. The number of hydrogen-bond donors (Lipinski definition) is 3.